The summed E-state index contributed by atoms with van der Waals surface area (Å²) in [5.41, 5.74) is 1.22. The zero-order chi connectivity index (χ0) is 13.7. The standard InChI is InChI=1S/C12H11N3O2S2/c1-15(12(17)11-8-19-14-13-11)6-10-5-9(7-18-10)3-2-4-16/h5,7-8,16H,4,6H2,1H3. The lowest BCUT2D eigenvalue weighted by molar-refractivity contribution is 0.0780. The van der Waals surface area contributed by atoms with Crippen LogP contribution in [0.4, 0.5) is 0 Å². The number of hydrogen-bond donors (Lipinski definition) is 1. The van der Waals surface area contributed by atoms with Crippen molar-refractivity contribution in [1.29, 1.82) is 0 Å². The molecule has 19 heavy (non-hydrogen) atoms. The molecule has 1 amide bonds. The van der Waals surface area contributed by atoms with E-state index in [1.807, 2.05) is 11.4 Å². The average molecular weight is 293 g/mol. The van der Waals surface area contributed by atoms with E-state index in [4.69, 9.17) is 5.11 Å². The van der Waals surface area contributed by atoms with E-state index in [0.29, 0.717) is 12.2 Å². The summed E-state index contributed by atoms with van der Waals surface area (Å²) in [5, 5.41) is 15.9. The van der Waals surface area contributed by atoms with Crippen molar-refractivity contribution in [2.75, 3.05) is 13.7 Å². The number of hydrogen-bond acceptors (Lipinski definition) is 6. The van der Waals surface area contributed by atoms with E-state index in [0.717, 1.165) is 22.0 Å². The van der Waals surface area contributed by atoms with Crippen molar-refractivity contribution in [1.82, 2.24) is 14.5 Å². The molecular weight excluding hydrogens is 282 g/mol. The van der Waals surface area contributed by atoms with Gasteiger partial charge in [-0.15, -0.1) is 16.4 Å². The van der Waals surface area contributed by atoms with Gasteiger partial charge in [0.15, 0.2) is 5.69 Å². The van der Waals surface area contributed by atoms with Crippen LogP contribution in [0.2, 0.25) is 0 Å². The normalized spacial score (nSPS) is 9.79. The van der Waals surface area contributed by atoms with Gasteiger partial charge in [-0.25, -0.2) is 0 Å². The molecule has 0 aromatic carbocycles. The Morgan fingerprint density at radius 1 is 1.53 bits per heavy atom. The number of nitrogens with zero attached hydrogens (tertiary/aromatic N) is 3. The zero-order valence-electron chi connectivity index (χ0n) is 10.2. The van der Waals surface area contributed by atoms with Crippen LogP contribution in [-0.2, 0) is 6.54 Å². The summed E-state index contributed by atoms with van der Waals surface area (Å²) in [4.78, 5) is 14.6. The zero-order valence-corrected chi connectivity index (χ0v) is 11.8. The van der Waals surface area contributed by atoms with Gasteiger partial charge in [0.05, 0.1) is 6.54 Å². The first-order valence-corrected chi connectivity index (χ1v) is 7.12. The van der Waals surface area contributed by atoms with Gasteiger partial charge in [0, 0.05) is 28.2 Å². The fourth-order valence-corrected chi connectivity index (χ4v) is 2.73. The maximum Gasteiger partial charge on any atom is 0.275 e. The second kappa shape index (κ2) is 6.43. The van der Waals surface area contributed by atoms with Crippen LogP contribution in [0.3, 0.4) is 0 Å². The lowest BCUT2D eigenvalue weighted by Crippen LogP contribution is -2.26. The van der Waals surface area contributed by atoms with Gasteiger partial charge in [-0.2, -0.15) is 0 Å². The highest BCUT2D eigenvalue weighted by Gasteiger charge is 2.15. The van der Waals surface area contributed by atoms with Crippen LogP contribution in [0.15, 0.2) is 16.8 Å². The highest BCUT2D eigenvalue weighted by Crippen LogP contribution is 2.16. The average Bonchev–Trinajstić information content (AvgIpc) is 3.06. The van der Waals surface area contributed by atoms with Gasteiger partial charge in [-0.1, -0.05) is 16.3 Å². The molecule has 2 rings (SSSR count). The van der Waals surface area contributed by atoms with Crippen LogP contribution < -0.4 is 0 Å². The molecule has 0 atom stereocenters. The molecule has 0 aliphatic rings. The molecule has 0 spiro atoms. The van der Waals surface area contributed by atoms with E-state index >= 15 is 0 Å². The first kappa shape index (κ1) is 13.7. The van der Waals surface area contributed by atoms with Gasteiger partial charge in [-0.3, -0.25) is 4.79 Å². The van der Waals surface area contributed by atoms with E-state index in [-0.39, 0.29) is 12.5 Å². The van der Waals surface area contributed by atoms with Gasteiger partial charge in [-0.05, 0) is 17.6 Å². The van der Waals surface area contributed by atoms with Gasteiger partial charge < -0.3 is 10.0 Å². The van der Waals surface area contributed by atoms with E-state index in [2.05, 4.69) is 21.4 Å². The van der Waals surface area contributed by atoms with Crippen LogP contribution in [0.25, 0.3) is 0 Å². The minimum Gasteiger partial charge on any atom is -0.384 e. The fourth-order valence-electron chi connectivity index (χ4n) is 1.43. The number of carbonyl (C=O) groups excluding carboxylic acids is 1. The molecule has 0 bridgehead atoms. The SMILES string of the molecule is CN(Cc1cc(C#CCO)cs1)C(=O)c1csnn1. The van der Waals surface area contributed by atoms with Crippen molar-refractivity contribution in [3.63, 3.8) is 0 Å². The molecule has 0 saturated heterocycles. The molecule has 5 nitrogen and oxygen atoms in total. The molecule has 2 aromatic heterocycles. The smallest absolute Gasteiger partial charge is 0.275 e. The molecule has 2 aromatic rings. The quantitative estimate of drug-likeness (QED) is 0.864. The van der Waals surface area contributed by atoms with Crippen molar-refractivity contribution >= 4 is 28.8 Å². The monoisotopic (exact) mass is 293 g/mol. The Labute approximate surface area is 118 Å². The highest BCUT2D eigenvalue weighted by atomic mass is 32.1. The number of aliphatic hydroxyl groups excluding tert-OH is 1. The summed E-state index contributed by atoms with van der Waals surface area (Å²) in [7, 11) is 1.72. The van der Waals surface area contributed by atoms with E-state index in [1.54, 1.807) is 17.3 Å². The predicted molar refractivity (Wildman–Crippen MR) is 74.0 cm³/mol. The fraction of sp³-hybridized carbons (Fsp3) is 0.250. The van der Waals surface area contributed by atoms with Gasteiger partial charge in [0.25, 0.3) is 5.91 Å². The summed E-state index contributed by atoms with van der Waals surface area (Å²) in [6.45, 7) is 0.349. The van der Waals surface area contributed by atoms with Crippen LogP contribution >= 0.6 is 22.9 Å². The highest BCUT2D eigenvalue weighted by molar-refractivity contribution is 7.10. The Morgan fingerprint density at radius 2 is 2.37 bits per heavy atom. The summed E-state index contributed by atoms with van der Waals surface area (Å²) >= 11 is 2.69. The molecule has 0 unspecified atom stereocenters. The van der Waals surface area contributed by atoms with E-state index in [9.17, 15) is 4.79 Å². The minimum atomic E-state index is -0.152. The molecule has 1 N–H and O–H groups in total. The molecule has 0 aliphatic heterocycles. The number of aromatic nitrogens is 2. The third-order valence-corrected chi connectivity index (χ3v) is 3.71. The van der Waals surface area contributed by atoms with Crippen molar-refractivity contribution in [3.8, 4) is 11.8 Å². The molecule has 0 radical (unpaired) electrons. The van der Waals surface area contributed by atoms with Crippen molar-refractivity contribution < 1.29 is 9.90 Å². The van der Waals surface area contributed by atoms with Gasteiger partial charge in [0.2, 0.25) is 0 Å². The minimum absolute atomic E-state index is 0.148. The molecule has 0 saturated carbocycles. The number of amides is 1. The number of rotatable bonds is 3. The molecular formula is C12H11N3O2S2. The molecule has 98 valence electrons. The third-order valence-electron chi connectivity index (χ3n) is 2.28. The van der Waals surface area contributed by atoms with Crippen molar-refractivity contribution in [2.24, 2.45) is 0 Å². The molecule has 0 aliphatic carbocycles. The van der Waals surface area contributed by atoms with Crippen molar-refractivity contribution in [2.45, 2.75) is 6.54 Å². The van der Waals surface area contributed by atoms with E-state index < -0.39 is 0 Å². The second-order valence-corrected chi connectivity index (χ2v) is 5.32. The maximum atomic E-state index is 12.0. The van der Waals surface area contributed by atoms with Crippen LogP contribution in [-0.4, -0.2) is 39.2 Å². The van der Waals surface area contributed by atoms with Crippen molar-refractivity contribution in [3.05, 3.63) is 33.0 Å². The molecule has 2 heterocycles. The first-order valence-electron chi connectivity index (χ1n) is 5.40. The Bertz CT molecular complexity index is 610. The lowest BCUT2D eigenvalue weighted by atomic mass is 10.3. The predicted octanol–water partition coefficient (Wildman–Crippen LogP) is 1.22. The Balaban J connectivity index is 2.01. The Morgan fingerprint density at radius 3 is 3.05 bits per heavy atom. The Kier molecular flexibility index (Phi) is 4.63. The first-order chi connectivity index (χ1) is 9.20. The topological polar surface area (TPSA) is 66.3 Å². The Hall–Kier alpha value is -1.75. The van der Waals surface area contributed by atoms with Crippen LogP contribution in [0.5, 0.6) is 0 Å². The summed E-state index contributed by atoms with van der Waals surface area (Å²) in [5.74, 6) is 5.27. The maximum absolute atomic E-state index is 12.0. The third kappa shape index (κ3) is 3.61. The number of aliphatic hydroxyl groups is 1. The lowest BCUT2D eigenvalue weighted by Gasteiger charge is -2.13. The van der Waals surface area contributed by atoms with Gasteiger partial charge in [0.1, 0.15) is 6.61 Å². The largest absolute Gasteiger partial charge is 0.384 e. The summed E-state index contributed by atoms with van der Waals surface area (Å²) < 4.78 is 3.68. The van der Waals surface area contributed by atoms with Gasteiger partial charge >= 0.3 is 0 Å². The molecule has 0 fully saturated rings. The second-order valence-electron chi connectivity index (χ2n) is 3.71. The number of carbonyl (C=O) groups is 1. The van der Waals surface area contributed by atoms with E-state index in [1.165, 1.54) is 11.3 Å². The summed E-state index contributed by atoms with van der Waals surface area (Å²) in [6, 6.07) is 1.91. The van der Waals surface area contributed by atoms with Crippen LogP contribution in [0, 0.1) is 11.8 Å². The van der Waals surface area contributed by atoms with Crippen LogP contribution in [0.1, 0.15) is 20.9 Å². The molecule has 7 heteroatoms. The summed E-state index contributed by atoms with van der Waals surface area (Å²) in [6.07, 6.45) is 0. The number of thiophene rings is 1.